The van der Waals surface area contributed by atoms with Gasteiger partial charge in [0.05, 0.1) is 0 Å². The van der Waals surface area contributed by atoms with Crippen molar-refractivity contribution >= 4 is 0 Å². The molecule has 0 bridgehead atoms. The van der Waals surface area contributed by atoms with Crippen LogP contribution in [0.4, 0.5) is 0 Å². The highest BCUT2D eigenvalue weighted by atomic mass is 16.4. The second-order valence-corrected chi connectivity index (χ2v) is 3.48. The van der Waals surface area contributed by atoms with Gasteiger partial charge in [0.1, 0.15) is 30.9 Å². The van der Waals surface area contributed by atoms with Gasteiger partial charge in [0, 0.05) is 0 Å². The highest BCUT2D eigenvalue weighted by Crippen LogP contribution is 2.08. The predicted octanol–water partition coefficient (Wildman–Crippen LogP) is -4.35. The van der Waals surface area contributed by atoms with E-state index in [2.05, 4.69) is 5.73 Å². The van der Waals surface area contributed by atoms with Crippen molar-refractivity contribution in [3.63, 3.8) is 0 Å². The summed E-state index contributed by atoms with van der Waals surface area (Å²) >= 11 is 0. The number of rotatable bonds is 1. The molecule has 1 heterocycles. The quantitative estimate of drug-likeness (QED) is 0.280. The molecule has 0 aliphatic carbocycles. The zero-order chi connectivity index (χ0) is 9.30. The molecule has 0 aromatic rings. The summed E-state index contributed by atoms with van der Waals surface area (Å²) in [6.45, 7) is 2.37. The van der Waals surface area contributed by atoms with Crippen LogP contribution in [0.2, 0.25) is 0 Å². The van der Waals surface area contributed by atoms with E-state index in [1.165, 1.54) is 0 Å². The monoisotopic (exact) mass is 178 g/mol. The fraction of sp³-hybridized carbons (Fsp3) is 1.00. The fourth-order valence-electron chi connectivity index (χ4n) is 1.65. The van der Waals surface area contributed by atoms with Crippen molar-refractivity contribution < 1.29 is 26.4 Å². The van der Waals surface area contributed by atoms with E-state index >= 15 is 0 Å². The SMILES string of the molecule is C[C@@H]1[NH2+][C@H](C[NH3+])[C@@H](O)[C@H](O)[C@@H]1O. The maximum atomic E-state index is 9.44. The lowest BCUT2D eigenvalue weighted by atomic mass is 9.91. The van der Waals surface area contributed by atoms with Crippen LogP contribution in [0.25, 0.3) is 0 Å². The molecule has 0 saturated carbocycles. The first kappa shape index (κ1) is 9.88. The van der Waals surface area contributed by atoms with Gasteiger partial charge in [0.2, 0.25) is 0 Å². The molecule has 5 atom stereocenters. The Hall–Kier alpha value is -0.200. The maximum Gasteiger partial charge on any atom is 0.164 e. The summed E-state index contributed by atoms with van der Waals surface area (Å²) in [4.78, 5) is 0. The molecule has 0 aromatic carbocycles. The largest absolute Gasteiger partial charge is 0.387 e. The summed E-state index contributed by atoms with van der Waals surface area (Å²) in [5.74, 6) is 0. The van der Waals surface area contributed by atoms with Gasteiger partial charge in [0.25, 0.3) is 0 Å². The molecule has 1 aliphatic heterocycles. The van der Waals surface area contributed by atoms with Crippen LogP contribution in [0.3, 0.4) is 0 Å². The molecule has 8 N–H and O–H groups in total. The van der Waals surface area contributed by atoms with E-state index in [-0.39, 0.29) is 12.1 Å². The Kier molecular flexibility index (Phi) is 3.03. The number of nitrogens with two attached hydrogens (primary N) is 1. The average molecular weight is 178 g/mol. The highest BCUT2D eigenvalue weighted by Gasteiger charge is 2.43. The molecule has 1 aliphatic rings. The van der Waals surface area contributed by atoms with Gasteiger partial charge in [0.15, 0.2) is 6.04 Å². The van der Waals surface area contributed by atoms with Crippen LogP contribution in [0.5, 0.6) is 0 Å². The summed E-state index contributed by atoms with van der Waals surface area (Å²) in [5, 5.41) is 30.0. The topological polar surface area (TPSA) is 105 Å². The van der Waals surface area contributed by atoms with Crippen molar-refractivity contribution in [1.29, 1.82) is 0 Å². The summed E-state index contributed by atoms with van der Waals surface area (Å²) in [7, 11) is 0. The Morgan fingerprint density at radius 2 is 1.75 bits per heavy atom. The lowest BCUT2D eigenvalue weighted by molar-refractivity contribution is -0.757. The van der Waals surface area contributed by atoms with Gasteiger partial charge < -0.3 is 26.4 Å². The average Bonchev–Trinajstić information content (AvgIpc) is 2.08. The van der Waals surface area contributed by atoms with Crippen LogP contribution in [0.1, 0.15) is 6.92 Å². The maximum absolute atomic E-state index is 9.44. The third kappa shape index (κ3) is 1.60. The molecule has 1 saturated heterocycles. The molecule has 0 radical (unpaired) electrons. The van der Waals surface area contributed by atoms with Gasteiger partial charge in [-0.1, -0.05) is 0 Å². The molecule has 0 spiro atoms. The normalized spacial score (nSPS) is 49.2. The molecular formula is C7H18N2O3+2. The number of hydrogen-bond acceptors (Lipinski definition) is 3. The zero-order valence-corrected chi connectivity index (χ0v) is 7.22. The van der Waals surface area contributed by atoms with Crippen molar-refractivity contribution in [2.45, 2.75) is 37.3 Å². The minimum atomic E-state index is -1.03. The number of piperidine rings is 1. The Labute approximate surface area is 71.2 Å². The van der Waals surface area contributed by atoms with Gasteiger partial charge in [-0.05, 0) is 6.92 Å². The third-order valence-corrected chi connectivity index (χ3v) is 2.56. The van der Waals surface area contributed by atoms with Crippen molar-refractivity contribution in [3.8, 4) is 0 Å². The smallest absolute Gasteiger partial charge is 0.164 e. The molecule has 0 aromatic heterocycles. The van der Waals surface area contributed by atoms with Crippen LogP contribution < -0.4 is 11.1 Å². The molecule has 72 valence electrons. The van der Waals surface area contributed by atoms with Crippen LogP contribution in [-0.4, -0.2) is 52.3 Å². The Bertz CT molecular complexity index is 151. The summed E-state index contributed by atoms with van der Waals surface area (Å²) in [5.41, 5.74) is 3.67. The number of quaternary nitrogens is 2. The number of hydrogen-bond donors (Lipinski definition) is 5. The predicted molar refractivity (Wildman–Crippen MR) is 41.0 cm³/mol. The second-order valence-electron chi connectivity index (χ2n) is 3.48. The van der Waals surface area contributed by atoms with Crippen molar-refractivity contribution in [2.24, 2.45) is 0 Å². The van der Waals surface area contributed by atoms with Gasteiger partial charge >= 0.3 is 0 Å². The van der Waals surface area contributed by atoms with Gasteiger partial charge in [-0.2, -0.15) is 0 Å². The van der Waals surface area contributed by atoms with Gasteiger partial charge in [-0.15, -0.1) is 0 Å². The lowest BCUT2D eigenvalue weighted by Crippen LogP contribution is -3.05. The van der Waals surface area contributed by atoms with Crippen LogP contribution in [-0.2, 0) is 0 Å². The summed E-state index contributed by atoms with van der Waals surface area (Å²) in [6, 6.07) is -0.173. The first-order chi connectivity index (χ1) is 5.57. The van der Waals surface area contributed by atoms with Crippen LogP contribution in [0, 0.1) is 0 Å². The highest BCUT2D eigenvalue weighted by molar-refractivity contribution is 4.86. The minimum Gasteiger partial charge on any atom is -0.387 e. The van der Waals surface area contributed by atoms with E-state index in [1.54, 1.807) is 0 Å². The molecule has 12 heavy (non-hydrogen) atoms. The molecule has 0 amide bonds. The molecule has 0 unspecified atom stereocenters. The molecule has 1 rings (SSSR count). The summed E-state index contributed by atoms with van der Waals surface area (Å²) < 4.78 is 0. The second kappa shape index (κ2) is 3.68. The van der Waals surface area contributed by atoms with E-state index in [0.29, 0.717) is 6.54 Å². The Morgan fingerprint density at radius 1 is 1.17 bits per heavy atom. The van der Waals surface area contributed by atoms with Crippen molar-refractivity contribution in [1.82, 2.24) is 0 Å². The minimum absolute atomic E-state index is 0.0739. The van der Waals surface area contributed by atoms with Crippen molar-refractivity contribution in [3.05, 3.63) is 0 Å². The van der Waals surface area contributed by atoms with E-state index in [9.17, 15) is 15.3 Å². The van der Waals surface area contributed by atoms with E-state index in [0.717, 1.165) is 0 Å². The third-order valence-electron chi connectivity index (χ3n) is 2.56. The molecular weight excluding hydrogens is 160 g/mol. The first-order valence-electron chi connectivity index (χ1n) is 4.26. The fourth-order valence-corrected chi connectivity index (χ4v) is 1.65. The number of aliphatic hydroxyl groups is 3. The molecule has 1 fully saturated rings. The van der Waals surface area contributed by atoms with Crippen LogP contribution in [0.15, 0.2) is 0 Å². The van der Waals surface area contributed by atoms with Gasteiger partial charge in [-0.3, -0.25) is 0 Å². The Morgan fingerprint density at radius 3 is 2.25 bits per heavy atom. The van der Waals surface area contributed by atoms with Crippen LogP contribution >= 0.6 is 0 Å². The lowest BCUT2D eigenvalue weighted by Gasteiger charge is -2.35. The number of aliphatic hydroxyl groups excluding tert-OH is 3. The van der Waals surface area contributed by atoms with E-state index in [4.69, 9.17) is 0 Å². The standard InChI is InChI=1S/C7H16N2O3/c1-3-5(10)7(12)6(11)4(2-8)9-3/h3-7,9-12H,2,8H2,1H3/p+2/t3-,4+,5+,6+,7+/m0/s1. The molecule has 5 heteroatoms. The van der Waals surface area contributed by atoms with Crippen molar-refractivity contribution in [2.75, 3.05) is 6.54 Å². The van der Waals surface area contributed by atoms with Gasteiger partial charge in [-0.25, -0.2) is 0 Å². The van der Waals surface area contributed by atoms with E-state index in [1.807, 2.05) is 12.2 Å². The zero-order valence-electron chi connectivity index (χ0n) is 7.22. The van der Waals surface area contributed by atoms with E-state index < -0.39 is 18.3 Å². The Balaban J connectivity index is 2.63. The first-order valence-corrected chi connectivity index (χ1v) is 4.26. The molecule has 5 nitrogen and oxygen atoms in total. The summed E-state index contributed by atoms with van der Waals surface area (Å²) in [6.07, 6.45) is -2.74.